The van der Waals surface area contributed by atoms with Crippen molar-refractivity contribution in [1.29, 1.82) is 0 Å². The number of rotatable bonds is 13. The van der Waals surface area contributed by atoms with Gasteiger partial charge in [-0.05, 0) is 64.2 Å². The lowest BCUT2D eigenvalue weighted by atomic mass is 10.2. The Hall–Kier alpha value is -1.30. The Morgan fingerprint density at radius 2 is 1.59 bits per heavy atom. The van der Waals surface area contributed by atoms with Crippen molar-refractivity contribution >= 4 is 28.3 Å². The van der Waals surface area contributed by atoms with Crippen molar-refractivity contribution in [3.63, 3.8) is 0 Å². The van der Waals surface area contributed by atoms with Crippen molar-refractivity contribution in [3.8, 4) is 0 Å². The van der Waals surface area contributed by atoms with Gasteiger partial charge in [-0.25, -0.2) is 0 Å². The van der Waals surface area contributed by atoms with Crippen LogP contribution in [-0.4, -0.2) is 65.4 Å². The number of aryl methyl sites for hydroxylation is 1. The van der Waals surface area contributed by atoms with Gasteiger partial charge in [0.2, 0.25) is 0 Å². The molecule has 0 fully saturated rings. The van der Waals surface area contributed by atoms with Gasteiger partial charge < -0.3 is 15.1 Å². The second-order valence-corrected chi connectivity index (χ2v) is 7.30. The van der Waals surface area contributed by atoms with Gasteiger partial charge in [0.1, 0.15) is 0 Å². The Balaban J connectivity index is 2.03. The fourth-order valence-corrected chi connectivity index (χ4v) is 3.77. The second-order valence-electron chi connectivity index (χ2n) is 6.89. The molecule has 0 spiro atoms. The van der Waals surface area contributed by atoms with Gasteiger partial charge in [0.15, 0.2) is 5.82 Å². The highest BCUT2D eigenvalue weighted by molar-refractivity contribution is 6.36. The minimum Gasteiger partial charge on any atom is -0.368 e. The molecule has 0 saturated heterocycles. The number of nitrogens with one attached hydrogen (secondary N) is 1. The third-order valence-corrected chi connectivity index (χ3v) is 5.62. The van der Waals surface area contributed by atoms with Gasteiger partial charge in [0.05, 0.1) is 15.9 Å². The van der Waals surface area contributed by atoms with Crippen LogP contribution in [0.1, 0.15) is 40.5 Å². The highest BCUT2D eigenvalue weighted by atomic mass is 35.5. The van der Waals surface area contributed by atoms with E-state index in [9.17, 15) is 0 Å². The summed E-state index contributed by atoms with van der Waals surface area (Å²) in [5, 5.41) is 10.2. The third kappa shape index (κ3) is 6.09. The summed E-state index contributed by atoms with van der Waals surface area (Å²) in [5.41, 5.74) is 1.12. The maximum atomic E-state index is 6.50. The molecule has 1 aromatic carbocycles. The predicted octanol–water partition coefficient (Wildman–Crippen LogP) is 4.57. The third-order valence-electron chi connectivity index (χ3n) is 5.30. The van der Waals surface area contributed by atoms with E-state index >= 15 is 0 Å². The van der Waals surface area contributed by atoms with Gasteiger partial charge in [-0.15, -0.1) is 0 Å². The minimum absolute atomic E-state index is 0.772. The van der Waals surface area contributed by atoms with Gasteiger partial charge in [0, 0.05) is 13.1 Å². The zero-order chi connectivity index (χ0) is 19.6. The SMILES string of the molecule is CCN(CC)CCCNc1nn(CCCN(CC)CC)c2cccc(Cl)c12. The van der Waals surface area contributed by atoms with E-state index in [2.05, 4.69) is 53.6 Å². The maximum Gasteiger partial charge on any atom is 0.157 e. The van der Waals surface area contributed by atoms with Crippen LogP contribution >= 0.6 is 11.6 Å². The van der Waals surface area contributed by atoms with E-state index in [1.807, 2.05) is 12.1 Å². The molecule has 0 radical (unpaired) electrons. The molecule has 0 unspecified atom stereocenters. The first-order valence-corrected chi connectivity index (χ1v) is 10.9. The fourth-order valence-electron chi connectivity index (χ4n) is 3.51. The molecule has 0 bridgehead atoms. The van der Waals surface area contributed by atoms with Crippen LogP contribution in [0.4, 0.5) is 5.82 Å². The van der Waals surface area contributed by atoms with Crippen LogP contribution in [0.2, 0.25) is 5.02 Å². The van der Waals surface area contributed by atoms with E-state index in [0.29, 0.717) is 0 Å². The average Bonchev–Trinajstić information content (AvgIpc) is 3.04. The Morgan fingerprint density at radius 3 is 2.22 bits per heavy atom. The largest absolute Gasteiger partial charge is 0.368 e. The van der Waals surface area contributed by atoms with E-state index < -0.39 is 0 Å². The number of nitrogens with zero attached hydrogens (tertiary/aromatic N) is 4. The van der Waals surface area contributed by atoms with Gasteiger partial charge in [-0.3, -0.25) is 4.68 Å². The Labute approximate surface area is 169 Å². The first kappa shape index (κ1) is 22.0. The molecule has 6 heteroatoms. The first-order chi connectivity index (χ1) is 13.1. The molecule has 0 aliphatic carbocycles. The number of halogens is 1. The lowest BCUT2D eigenvalue weighted by molar-refractivity contribution is 0.292. The standard InChI is InChI=1S/C21H36ClN5/c1-5-25(6-2)15-10-14-23-21-20-18(22)12-9-13-19(20)27(24-21)17-11-16-26(7-3)8-4/h9,12-13H,5-8,10-11,14-17H2,1-4H3,(H,23,24). The molecular weight excluding hydrogens is 358 g/mol. The summed E-state index contributed by atoms with van der Waals surface area (Å²) in [6.07, 6.45) is 2.19. The van der Waals surface area contributed by atoms with Crippen molar-refractivity contribution < 1.29 is 0 Å². The van der Waals surface area contributed by atoms with Crippen LogP contribution in [0, 0.1) is 0 Å². The van der Waals surface area contributed by atoms with Crippen LogP contribution in [0.5, 0.6) is 0 Å². The molecule has 5 nitrogen and oxygen atoms in total. The monoisotopic (exact) mass is 393 g/mol. The average molecular weight is 394 g/mol. The second kappa shape index (κ2) is 11.5. The zero-order valence-electron chi connectivity index (χ0n) is 17.5. The van der Waals surface area contributed by atoms with Crippen LogP contribution in [0.25, 0.3) is 10.9 Å². The summed E-state index contributed by atoms with van der Waals surface area (Å²) in [6, 6.07) is 6.08. The van der Waals surface area contributed by atoms with Gasteiger partial charge >= 0.3 is 0 Å². The normalized spacial score (nSPS) is 11.8. The molecule has 1 aromatic heterocycles. The molecule has 0 atom stereocenters. The number of fused-ring (bicyclic) bond motifs is 1. The van der Waals surface area contributed by atoms with Gasteiger partial charge in [0.25, 0.3) is 0 Å². The molecule has 27 heavy (non-hydrogen) atoms. The molecule has 0 amide bonds. The predicted molar refractivity (Wildman–Crippen MR) is 118 cm³/mol. The molecule has 1 heterocycles. The van der Waals surface area contributed by atoms with E-state index in [-0.39, 0.29) is 0 Å². The summed E-state index contributed by atoms with van der Waals surface area (Å²) in [4.78, 5) is 4.89. The highest BCUT2D eigenvalue weighted by Gasteiger charge is 2.13. The molecule has 0 aliphatic rings. The fraction of sp³-hybridized carbons (Fsp3) is 0.667. The van der Waals surface area contributed by atoms with E-state index in [0.717, 1.165) is 86.9 Å². The molecule has 2 aromatic rings. The topological polar surface area (TPSA) is 36.3 Å². The smallest absolute Gasteiger partial charge is 0.157 e. The van der Waals surface area contributed by atoms with Crippen LogP contribution < -0.4 is 5.32 Å². The molecular formula is C21H36ClN5. The van der Waals surface area contributed by atoms with Crippen LogP contribution in [-0.2, 0) is 6.54 Å². The summed E-state index contributed by atoms with van der Waals surface area (Å²) in [7, 11) is 0. The minimum atomic E-state index is 0.772. The number of benzene rings is 1. The molecule has 1 N–H and O–H groups in total. The Morgan fingerprint density at radius 1 is 0.963 bits per heavy atom. The maximum absolute atomic E-state index is 6.50. The molecule has 0 aliphatic heterocycles. The van der Waals surface area contributed by atoms with Crippen molar-refractivity contribution in [2.45, 2.75) is 47.1 Å². The Kier molecular flexibility index (Phi) is 9.39. The number of aromatic nitrogens is 2. The quantitative estimate of drug-likeness (QED) is 0.506. The van der Waals surface area contributed by atoms with Crippen molar-refractivity contribution in [1.82, 2.24) is 19.6 Å². The van der Waals surface area contributed by atoms with E-state index in [1.54, 1.807) is 0 Å². The summed E-state index contributed by atoms with van der Waals surface area (Å²) < 4.78 is 2.11. The summed E-state index contributed by atoms with van der Waals surface area (Å²) in [6.45, 7) is 17.3. The number of hydrogen-bond acceptors (Lipinski definition) is 4. The first-order valence-electron chi connectivity index (χ1n) is 10.5. The summed E-state index contributed by atoms with van der Waals surface area (Å²) >= 11 is 6.50. The van der Waals surface area contributed by atoms with Crippen LogP contribution in [0.3, 0.4) is 0 Å². The lowest BCUT2D eigenvalue weighted by Crippen LogP contribution is -2.25. The lowest BCUT2D eigenvalue weighted by Gasteiger charge is -2.17. The Bertz CT molecular complexity index is 677. The molecule has 2 rings (SSSR count). The molecule has 0 saturated carbocycles. The van der Waals surface area contributed by atoms with Gasteiger partial charge in [-0.2, -0.15) is 5.10 Å². The van der Waals surface area contributed by atoms with E-state index in [1.165, 1.54) is 0 Å². The number of anilines is 1. The van der Waals surface area contributed by atoms with Crippen molar-refractivity contribution in [2.75, 3.05) is 51.1 Å². The zero-order valence-corrected chi connectivity index (χ0v) is 18.2. The summed E-state index contributed by atoms with van der Waals surface area (Å²) in [5.74, 6) is 0.915. The highest BCUT2D eigenvalue weighted by Crippen LogP contribution is 2.30. The van der Waals surface area contributed by atoms with Gasteiger partial charge in [-0.1, -0.05) is 45.4 Å². The van der Waals surface area contributed by atoms with Crippen LogP contribution in [0.15, 0.2) is 18.2 Å². The van der Waals surface area contributed by atoms with E-state index in [4.69, 9.17) is 16.7 Å². The number of hydrogen-bond donors (Lipinski definition) is 1. The van der Waals surface area contributed by atoms with Crippen molar-refractivity contribution in [3.05, 3.63) is 23.2 Å². The molecule has 152 valence electrons. The van der Waals surface area contributed by atoms with Crippen molar-refractivity contribution in [2.24, 2.45) is 0 Å².